The van der Waals surface area contributed by atoms with Crippen LogP contribution in [0.5, 0.6) is 0 Å². The summed E-state index contributed by atoms with van der Waals surface area (Å²) in [4.78, 5) is 3.86. The van der Waals surface area contributed by atoms with Crippen molar-refractivity contribution in [3.05, 3.63) is 17.8 Å². The van der Waals surface area contributed by atoms with E-state index in [0.717, 1.165) is 32.1 Å². The summed E-state index contributed by atoms with van der Waals surface area (Å²) < 4.78 is 29.4. The van der Waals surface area contributed by atoms with E-state index < -0.39 is 6.43 Å². The minimum atomic E-state index is -2.56. The highest BCUT2D eigenvalue weighted by Crippen LogP contribution is 2.22. The van der Waals surface area contributed by atoms with E-state index in [0.29, 0.717) is 18.2 Å². The molecule has 3 nitrogen and oxygen atoms in total. The summed E-state index contributed by atoms with van der Waals surface area (Å²) in [5, 5.41) is 3.27. The number of rotatable bonds is 3. The first-order valence-electron chi connectivity index (χ1n) is 5.19. The van der Waals surface area contributed by atoms with Crippen LogP contribution in [-0.2, 0) is 6.42 Å². The van der Waals surface area contributed by atoms with Crippen molar-refractivity contribution < 1.29 is 13.2 Å². The molecule has 84 valence electrons. The van der Waals surface area contributed by atoms with Gasteiger partial charge in [0.05, 0.1) is 6.20 Å². The number of oxazole rings is 1. The molecular formula is C10H14F2N2O. The molecular weight excluding hydrogens is 202 g/mol. The van der Waals surface area contributed by atoms with E-state index in [9.17, 15) is 8.78 Å². The predicted molar refractivity (Wildman–Crippen MR) is 50.8 cm³/mol. The van der Waals surface area contributed by atoms with Gasteiger partial charge in [0.15, 0.2) is 11.7 Å². The minimum absolute atomic E-state index is 0.325. The van der Waals surface area contributed by atoms with E-state index in [-0.39, 0.29) is 5.76 Å². The van der Waals surface area contributed by atoms with Crippen molar-refractivity contribution in [2.75, 3.05) is 13.1 Å². The second-order valence-electron chi connectivity index (χ2n) is 3.87. The van der Waals surface area contributed by atoms with E-state index in [1.54, 1.807) is 0 Å². The SMILES string of the molecule is FC(F)c1cnc(CC2CCCNC2)o1. The second-order valence-corrected chi connectivity index (χ2v) is 3.87. The fourth-order valence-electron chi connectivity index (χ4n) is 1.86. The van der Waals surface area contributed by atoms with E-state index in [4.69, 9.17) is 4.42 Å². The molecule has 5 heteroatoms. The fraction of sp³-hybridized carbons (Fsp3) is 0.700. The molecule has 1 fully saturated rings. The van der Waals surface area contributed by atoms with Crippen molar-refractivity contribution in [3.8, 4) is 0 Å². The van der Waals surface area contributed by atoms with Crippen LogP contribution in [0.25, 0.3) is 0 Å². The van der Waals surface area contributed by atoms with Crippen LogP contribution < -0.4 is 5.32 Å². The van der Waals surface area contributed by atoms with E-state index in [1.165, 1.54) is 0 Å². The quantitative estimate of drug-likeness (QED) is 0.841. The Labute approximate surface area is 86.9 Å². The van der Waals surface area contributed by atoms with E-state index >= 15 is 0 Å². The maximum absolute atomic E-state index is 12.2. The van der Waals surface area contributed by atoms with E-state index in [2.05, 4.69) is 10.3 Å². The van der Waals surface area contributed by atoms with Gasteiger partial charge in [-0.15, -0.1) is 0 Å². The Morgan fingerprint density at radius 2 is 2.47 bits per heavy atom. The highest BCUT2D eigenvalue weighted by Gasteiger charge is 2.18. The molecule has 0 spiro atoms. The molecule has 0 aliphatic carbocycles. The molecule has 1 aliphatic rings. The third-order valence-corrected chi connectivity index (χ3v) is 2.65. The molecule has 0 bridgehead atoms. The number of nitrogens with one attached hydrogen (secondary N) is 1. The van der Waals surface area contributed by atoms with Crippen molar-refractivity contribution >= 4 is 0 Å². The monoisotopic (exact) mass is 216 g/mol. The number of alkyl halides is 2. The van der Waals surface area contributed by atoms with Gasteiger partial charge in [-0.1, -0.05) is 0 Å². The summed E-state index contributed by atoms with van der Waals surface area (Å²) in [6.07, 6.45) is 1.46. The normalized spacial score (nSPS) is 22.2. The van der Waals surface area contributed by atoms with Gasteiger partial charge in [-0.3, -0.25) is 0 Å². The largest absolute Gasteiger partial charge is 0.440 e. The van der Waals surface area contributed by atoms with Crippen molar-refractivity contribution in [1.29, 1.82) is 0 Å². The third-order valence-electron chi connectivity index (χ3n) is 2.65. The number of aromatic nitrogens is 1. The first-order valence-corrected chi connectivity index (χ1v) is 5.19. The molecule has 1 aromatic rings. The predicted octanol–water partition coefficient (Wildman–Crippen LogP) is 2.15. The average Bonchev–Trinajstić information content (AvgIpc) is 2.68. The molecule has 0 amide bonds. The van der Waals surface area contributed by atoms with Gasteiger partial charge < -0.3 is 9.73 Å². The molecule has 2 heterocycles. The molecule has 1 N–H and O–H groups in total. The molecule has 1 aromatic heterocycles. The number of halogens is 2. The zero-order valence-corrected chi connectivity index (χ0v) is 8.38. The summed E-state index contributed by atoms with van der Waals surface area (Å²) in [5.41, 5.74) is 0. The minimum Gasteiger partial charge on any atom is -0.440 e. The van der Waals surface area contributed by atoms with Crippen LogP contribution in [-0.4, -0.2) is 18.1 Å². The maximum atomic E-state index is 12.2. The number of hydrogen-bond donors (Lipinski definition) is 1. The lowest BCUT2D eigenvalue weighted by molar-refractivity contribution is 0.119. The Kier molecular flexibility index (Phi) is 3.30. The summed E-state index contributed by atoms with van der Waals surface area (Å²) in [6, 6.07) is 0. The van der Waals surface area contributed by atoms with Gasteiger partial charge in [0.2, 0.25) is 0 Å². The van der Waals surface area contributed by atoms with Gasteiger partial charge >= 0.3 is 0 Å². The summed E-state index contributed by atoms with van der Waals surface area (Å²) in [7, 11) is 0. The van der Waals surface area contributed by atoms with Crippen LogP contribution >= 0.6 is 0 Å². The topological polar surface area (TPSA) is 38.1 Å². The lowest BCUT2D eigenvalue weighted by Gasteiger charge is -2.21. The molecule has 2 rings (SSSR count). The van der Waals surface area contributed by atoms with Gasteiger partial charge in [0.1, 0.15) is 0 Å². The molecule has 0 aromatic carbocycles. The number of piperidine rings is 1. The highest BCUT2D eigenvalue weighted by atomic mass is 19.3. The van der Waals surface area contributed by atoms with Crippen molar-refractivity contribution in [3.63, 3.8) is 0 Å². The molecule has 0 saturated carbocycles. The van der Waals surface area contributed by atoms with E-state index in [1.807, 2.05) is 0 Å². The highest BCUT2D eigenvalue weighted by molar-refractivity contribution is 4.96. The van der Waals surface area contributed by atoms with Crippen molar-refractivity contribution in [1.82, 2.24) is 10.3 Å². The smallest absolute Gasteiger partial charge is 0.297 e. The molecule has 15 heavy (non-hydrogen) atoms. The maximum Gasteiger partial charge on any atom is 0.297 e. The van der Waals surface area contributed by atoms with Gasteiger partial charge in [-0.25, -0.2) is 13.8 Å². The van der Waals surface area contributed by atoms with Gasteiger partial charge in [0.25, 0.3) is 6.43 Å². The summed E-state index contributed by atoms with van der Waals surface area (Å²) in [6.45, 7) is 1.97. The van der Waals surface area contributed by atoms with Crippen molar-refractivity contribution in [2.45, 2.75) is 25.7 Å². The summed E-state index contributed by atoms with van der Waals surface area (Å²) >= 11 is 0. The third kappa shape index (κ3) is 2.75. The summed E-state index contributed by atoms with van der Waals surface area (Å²) in [5.74, 6) is 0.565. The van der Waals surface area contributed by atoms with Crippen LogP contribution in [0, 0.1) is 5.92 Å². The average molecular weight is 216 g/mol. The zero-order valence-electron chi connectivity index (χ0n) is 8.38. The van der Waals surface area contributed by atoms with Crippen LogP contribution in [0.2, 0.25) is 0 Å². The molecule has 1 aliphatic heterocycles. The van der Waals surface area contributed by atoms with Crippen LogP contribution in [0.1, 0.15) is 30.9 Å². The van der Waals surface area contributed by atoms with Gasteiger partial charge in [0, 0.05) is 6.42 Å². The second kappa shape index (κ2) is 4.70. The van der Waals surface area contributed by atoms with Gasteiger partial charge in [-0.05, 0) is 31.8 Å². The van der Waals surface area contributed by atoms with Crippen LogP contribution in [0.15, 0.2) is 10.6 Å². The molecule has 1 saturated heterocycles. The molecule has 1 unspecified atom stereocenters. The standard InChI is InChI=1S/C10H14F2N2O/c11-10(12)8-6-14-9(15-8)4-7-2-1-3-13-5-7/h6-7,10,13H,1-5H2. The van der Waals surface area contributed by atoms with Crippen LogP contribution in [0.4, 0.5) is 8.78 Å². The van der Waals surface area contributed by atoms with Crippen LogP contribution in [0.3, 0.4) is 0 Å². The van der Waals surface area contributed by atoms with Gasteiger partial charge in [-0.2, -0.15) is 0 Å². The zero-order chi connectivity index (χ0) is 10.7. The number of hydrogen-bond acceptors (Lipinski definition) is 3. The Hall–Kier alpha value is -0.970. The number of nitrogens with zero attached hydrogens (tertiary/aromatic N) is 1. The fourth-order valence-corrected chi connectivity index (χ4v) is 1.86. The Bertz CT molecular complexity index is 308. The Morgan fingerprint density at radius 3 is 3.07 bits per heavy atom. The lowest BCUT2D eigenvalue weighted by atomic mass is 9.96. The van der Waals surface area contributed by atoms with Crippen molar-refractivity contribution in [2.24, 2.45) is 5.92 Å². The lowest BCUT2D eigenvalue weighted by Crippen LogP contribution is -2.30. The molecule has 0 radical (unpaired) electrons. The first kappa shape index (κ1) is 10.5. The molecule has 1 atom stereocenters. The first-order chi connectivity index (χ1) is 7.25. The Balaban J connectivity index is 1.91. The Morgan fingerprint density at radius 1 is 1.60 bits per heavy atom.